The molecule has 2 aliphatic heterocycles. The standard InChI is InChI=1S/C19H27N7O2/c1-3-26-18(21)22-6-5-19(26,25-7-9-27-10-8-25)13-11-14-16(17(20)24-23-14)15(12-13)28-4-2/h5-6,11-12H,3-4,7-10H2,1-2H3,(H2,21,22)(H3,20,23,24). The largest absolute Gasteiger partial charge is 0.493 e. The topological polar surface area (TPSA) is 118 Å². The molecular formula is C19H27N7O2. The van der Waals surface area contributed by atoms with Crippen molar-refractivity contribution in [1.29, 1.82) is 0 Å². The van der Waals surface area contributed by atoms with E-state index in [9.17, 15) is 0 Å². The van der Waals surface area contributed by atoms with Crippen molar-refractivity contribution in [2.75, 3.05) is 45.2 Å². The summed E-state index contributed by atoms with van der Waals surface area (Å²) in [5.41, 5.74) is 13.6. The van der Waals surface area contributed by atoms with Crippen LogP contribution in [0.15, 0.2) is 29.4 Å². The third-order valence-electron chi connectivity index (χ3n) is 5.39. The smallest absolute Gasteiger partial charge is 0.197 e. The highest BCUT2D eigenvalue weighted by molar-refractivity contribution is 5.95. The average Bonchev–Trinajstić information content (AvgIpc) is 3.09. The van der Waals surface area contributed by atoms with Crippen molar-refractivity contribution < 1.29 is 9.47 Å². The summed E-state index contributed by atoms with van der Waals surface area (Å²) in [6, 6.07) is 4.11. The molecule has 150 valence electrons. The van der Waals surface area contributed by atoms with E-state index < -0.39 is 5.66 Å². The van der Waals surface area contributed by atoms with Gasteiger partial charge < -0.3 is 25.8 Å². The Morgan fingerprint density at radius 1 is 1.25 bits per heavy atom. The fourth-order valence-electron chi connectivity index (χ4n) is 4.20. The maximum absolute atomic E-state index is 6.32. The van der Waals surface area contributed by atoms with E-state index in [2.05, 4.69) is 44.1 Å². The summed E-state index contributed by atoms with van der Waals surface area (Å²) in [7, 11) is 0. The molecule has 1 aromatic heterocycles. The molecule has 1 saturated heterocycles. The zero-order valence-corrected chi connectivity index (χ0v) is 16.3. The van der Waals surface area contributed by atoms with E-state index in [0.29, 0.717) is 43.9 Å². The van der Waals surface area contributed by atoms with Gasteiger partial charge in [0.25, 0.3) is 0 Å². The lowest BCUT2D eigenvalue weighted by Crippen LogP contribution is -2.63. The number of H-pyrrole nitrogens is 1. The average molecular weight is 385 g/mol. The molecule has 28 heavy (non-hydrogen) atoms. The summed E-state index contributed by atoms with van der Waals surface area (Å²) in [5, 5.41) is 8.00. The molecule has 1 atom stereocenters. The molecule has 4 rings (SSSR count). The van der Waals surface area contributed by atoms with Gasteiger partial charge in [-0.2, -0.15) is 5.10 Å². The second-order valence-electron chi connectivity index (χ2n) is 6.81. The third kappa shape index (κ3) is 2.78. The van der Waals surface area contributed by atoms with Gasteiger partial charge >= 0.3 is 0 Å². The van der Waals surface area contributed by atoms with E-state index in [1.165, 1.54) is 0 Å². The fourth-order valence-corrected chi connectivity index (χ4v) is 4.20. The molecule has 9 heteroatoms. The maximum atomic E-state index is 6.32. The molecule has 3 heterocycles. The number of hydrogen-bond acceptors (Lipinski definition) is 8. The zero-order valence-electron chi connectivity index (χ0n) is 16.3. The van der Waals surface area contributed by atoms with Gasteiger partial charge in [0.2, 0.25) is 0 Å². The molecule has 5 N–H and O–H groups in total. The molecule has 0 saturated carbocycles. The fraction of sp³-hybridized carbons (Fsp3) is 0.474. The van der Waals surface area contributed by atoms with E-state index >= 15 is 0 Å². The van der Waals surface area contributed by atoms with Crippen molar-refractivity contribution in [3.8, 4) is 5.75 Å². The first-order valence-corrected chi connectivity index (χ1v) is 9.64. The number of guanidine groups is 1. The summed E-state index contributed by atoms with van der Waals surface area (Å²) < 4.78 is 11.5. The molecule has 1 aromatic carbocycles. The number of nitrogens with one attached hydrogen (secondary N) is 1. The number of ether oxygens (including phenoxy) is 2. The summed E-state index contributed by atoms with van der Waals surface area (Å²) in [6.45, 7) is 8.16. The van der Waals surface area contributed by atoms with Gasteiger partial charge in [-0.3, -0.25) is 10.00 Å². The predicted molar refractivity (Wildman–Crippen MR) is 109 cm³/mol. The molecule has 0 amide bonds. The van der Waals surface area contributed by atoms with Gasteiger partial charge in [0, 0.05) is 31.4 Å². The highest BCUT2D eigenvalue weighted by atomic mass is 16.5. The van der Waals surface area contributed by atoms with Crippen LogP contribution in [0.3, 0.4) is 0 Å². The van der Waals surface area contributed by atoms with Crippen molar-refractivity contribution >= 4 is 22.7 Å². The first-order valence-electron chi connectivity index (χ1n) is 9.64. The Morgan fingerprint density at radius 2 is 2.04 bits per heavy atom. The van der Waals surface area contributed by atoms with Crippen LogP contribution < -0.4 is 16.2 Å². The van der Waals surface area contributed by atoms with Crippen molar-refractivity contribution in [2.45, 2.75) is 19.5 Å². The summed E-state index contributed by atoms with van der Waals surface area (Å²) >= 11 is 0. The van der Waals surface area contributed by atoms with Gasteiger partial charge in [0.1, 0.15) is 11.4 Å². The summed E-state index contributed by atoms with van der Waals surface area (Å²) in [4.78, 5) is 8.81. The van der Waals surface area contributed by atoms with Crippen LogP contribution in [0.1, 0.15) is 19.4 Å². The minimum absolute atomic E-state index is 0.429. The molecule has 0 bridgehead atoms. The molecular weight excluding hydrogens is 358 g/mol. The number of likely N-dealkylation sites (N-methyl/N-ethyl adjacent to an activating group) is 1. The molecule has 1 fully saturated rings. The van der Waals surface area contributed by atoms with Crippen molar-refractivity contribution in [3.63, 3.8) is 0 Å². The van der Waals surface area contributed by atoms with Crippen LogP contribution in [-0.2, 0) is 10.4 Å². The van der Waals surface area contributed by atoms with E-state index in [1.807, 2.05) is 13.0 Å². The lowest BCUT2D eigenvalue weighted by atomic mass is 9.92. The van der Waals surface area contributed by atoms with Gasteiger partial charge in [-0.1, -0.05) is 0 Å². The number of aromatic nitrogens is 2. The molecule has 1 unspecified atom stereocenters. The first kappa shape index (κ1) is 18.6. The molecule has 2 aliphatic rings. The van der Waals surface area contributed by atoms with Gasteiger partial charge in [0.15, 0.2) is 11.8 Å². The van der Waals surface area contributed by atoms with Crippen molar-refractivity contribution in [1.82, 2.24) is 20.0 Å². The van der Waals surface area contributed by atoms with Crippen molar-refractivity contribution in [2.24, 2.45) is 10.7 Å². The lowest BCUT2D eigenvalue weighted by Gasteiger charge is -2.51. The van der Waals surface area contributed by atoms with Crippen LogP contribution in [0.25, 0.3) is 10.9 Å². The van der Waals surface area contributed by atoms with Gasteiger partial charge in [-0.25, -0.2) is 4.99 Å². The molecule has 2 aromatic rings. The number of aromatic amines is 1. The van der Waals surface area contributed by atoms with Crippen LogP contribution in [0.5, 0.6) is 5.75 Å². The number of benzene rings is 1. The first-order chi connectivity index (χ1) is 13.6. The van der Waals surface area contributed by atoms with Crippen LogP contribution in [0.4, 0.5) is 5.82 Å². The maximum Gasteiger partial charge on any atom is 0.197 e. The molecule has 0 aliphatic carbocycles. The monoisotopic (exact) mass is 385 g/mol. The number of hydrogen-bond donors (Lipinski definition) is 3. The second kappa shape index (κ2) is 7.33. The zero-order chi connectivity index (χ0) is 19.7. The number of anilines is 1. The number of fused-ring (bicyclic) bond motifs is 1. The quantitative estimate of drug-likeness (QED) is 0.707. The van der Waals surface area contributed by atoms with Crippen LogP contribution in [0.2, 0.25) is 0 Å². The predicted octanol–water partition coefficient (Wildman–Crippen LogP) is 1.19. The number of nitrogen functional groups attached to an aromatic ring is 1. The molecule has 0 spiro atoms. The van der Waals surface area contributed by atoms with Crippen molar-refractivity contribution in [3.05, 3.63) is 30.0 Å². The Bertz CT molecular complexity index is 916. The Hall–Kier alpha value is -2.78. The number of morpholine rings is 1. The number of rotatable bonds is 5. The van der Waals surface area contributed by atoms with Crippen LogP contribution in [-0.4, -0.2) is 65.4 Å². The van der Waals surface area contributed by atoms with Gasteiger partial charge in [0.05, 0.1) is 30.7 Å². The van der Waals surface area contributed by atoms with Crippen LogP contribution in [0, 0.1) is 0 Å². The minimum atomic E-state index is -0.593. The number of aliphatic imine (C=N–C) groups is 1. The van der Waals surface area contributed by atoms with E-state index in [4.69, 9.17) is 20.9 Å². The summed E-state index contributed by atoms with van der Waals surface area (Å²) in [5.74, 6) is 1.62. The second-order valence-corrected chi connectivity index (χ2v) is 6.81. The molecule has 9 nitrogen and oxygen atoms in total. The Morgan fingerprint density at radius 3 is 2.75 bits per heavy atom. The highest BCUT2D eigenvalue weighted by Crippen LogP contribution is 2.41. The SMILES string of the molecule is CCOc1cc(C2(N3CCOCC3)C=CN=C(N)N2CC)cc2[nH]nc(N)c12. The number of nitrogens with two attached hydrogens (primary N) is 2. The third-order valence-corrected chi connectivity index (χ3v) is 5.39. The van der Waals surface area contributed by atoms with E-state index in [0.717, 1.165) is 29.6 Å². The van der Waals surface area contributed by atoms with E-state index in [-0.39, 0.29) is 0 Å². The van der Waals surface area contributed by atoms with Gasteiger partial charge in [-0.15, -0.1) is 0 Å². The minimum Gasteiger partial charge on any atom is -0.493 e. The Labute approximate surface area is 164 Å². The van der Waals surface area contributed by atoms with Crippen LogP contribution >= 0.6 is 0 Å². The summed E-state index contributed by atoms with van der Waals surface area (Å²) in [6.07, 6.45) is 3.87. The Balaban J connectivity index is 1.94. The number of nitrogens with zero attached hydrogens (tertiary/aromatic N) is 4. The normalized spacial score (nSPS) is 23.2. The van der Waals surface area contributed by atoms with Gasteiger partial charge in [-0.05, 0) is 32.1 Å². The lowest BCUT2D eigenvalue weighted by molar-refractivity contribution is -0.0550. The Kier molecular flexibility index (Phi) is 4.86. The highest BCUT2D eigenvalue weighted by Gasteiger charge is 2.45. The van der Waals surface area contributed by atoms with E-state index in [1.54, 1.807) is 6.20 Å². The molecule has 0 radical (unpaired) electrons.